The van der Waals surface area contributed by atoms with Gasteiger partial charge in [-0.15, -0.1) is 0 Å². The molecule has 0 amide bonds. The van der Waals surface area contributed by atoms with E-state index in [1.54, 1.807) is 6.92 Å². The van der Waals surface area contributed by atoms with Crippen LogP contribution in [-0.4, -0.2) is 147 Å². The molecule has 2 aliphatic heterocycles. The summed E-state index contributed by atoms with van der Waals surface area (Å²) in [6.45, 7) is 7.28. The van der Waals surface area contributed by atoms with Crippen molar-refractivity contribution in [1.82, 2.24) is 0 Å². The lowest BCUT2D eigenvalue weighted by molar-refractivity contribution is -0.385. The minimum absolute atomic E-state index is 0.0794. The van der Waals surface area contributed by atoms with E-state index in [0.29, 0.717) is 89.6 Å². The fraction of sp³-hybridized carbons (Fsp3) is 0.620. The number of rotatable bonds is 24. The highest BCUT2D eigenvalue weighted by molar-refractivity contribution is 7.85. The van der Waals surface area contributed by atoms with E-state index in [4.69, 9.17) is 33.7 Å². The molecule has 0 radical (unpaired) electrons. The van der Waals surface area contributed by atoms with Gasteiger partial charge >= 0.3 is 0 Å². The third-order valence-corrected chi connectivity index (χ3v) is 12.0. The molecule has 0 aliphatic carbocycles. The number of aldehydes is 1. The molecule has 3 aromatic rings. The lowest BCUT2D eigenvalue weighted by Gasteiger charge is -2.36. The molecule has 5 rings (SSSR count). The number of carbonyl (C=O) groups is 1. The second-order valence-electron chi connectivity index (χ2n) is 18.9. The SMILES string of the molecule is CCC(O)CC(O)CCCC(O)CC(O)C[C@H](C)O.CCC1CC(CCCC(O)CC2C[C@H](C)OC(c3cc([N+](=O)[O-])ccc3O)O2)OC(c2cc([N+](=O)[O-])ccc2O)O1.CS(=O)(=O)O.O=Cc1cc([N+](=O)[O-])ccc1O. The molecule has 0 bridgehead atoms. The van der Waals surface area contributed by atoms with Crippen molar-refractivity contribution in [1.29, 1.82) is 0 Å². The summed E-state index contributed by atoms with van der Waals surface area (Å²) in [5.74, 6) is -0.572. The number of aliphatic hydroxyl groups is 6. The molecule has 26 nitrogen and oxygen atoms in total. The summed E-state index contributed by atoms with van der Waals surface area (Å²) in [7, 11) is -3.67. The van der Waals surface area contributed by atoms with Crippen LogP contribution in [0.5, 0.6) is 17.2 Å². The highest BCUT2D eigenvalue weighted by Gasteiger charge is 2.35. The van der Waals surface area contributed by atoms with E-state index in [-0.39, 0.29) is 88.3 Å². The summed E-state index contributed by atoms with van der Waals surface area (Å²) in [5, 5.41) is 120. The number of phenolic OH excluding ortho intramolecular Hbond substituents is 3. The average Bonchev–Trinajstić information content (AvgIpc) is 3.33. The van der Waals surface area contributed by atoms with Crippen molar-refractivity contribution < 1.29 is 97.4 Å². The van der Waals surface area contributed by atoms with Gasteiger partial charge in [-0.1, -0.05) is 13.8 Å². The zero-order valence-electron chi connectivity index (χ0n) is 43.6. The van der Waals surface area contributed by atoms with Crippen molar-refractivity contribution in [3.8, 4) is 17.2 Å². The molecule has 77 heavy (non-hydrogen) atoms. The van der Waals surface area contributed by atoms with Crippen LogP contribution in [-0.2, 0) is 29.1 Å². The first-order chi connectivity index (χ1) is 36.0. The monoisotopic (exact) mass is 1120 g/mol. The summed E-state index contributed by atoms with van der Waals surface area (Å²) in [4.78, 5) is 41.1. The fourth-order valence-electron chi connectivity index (χ4n) is 8.13. The third kappa shape index (κ3) is 26.6. The second-order valence-corrected chi connectivity index (χ2v) is 20.4. The van der Waals surface area contributed by atoms with Gasteiger partial charge in [-0.05, 0) is 116 Å². The molecule has 2 heterocycles. The van der Waals surface area contributed by atoms with Crippen LogP contribution in [0.2, 0.25) is 0 Å². The maximum atomic E-state index is 11.2. The largest absolute Gasteiger partial charge is 0.507 e. The van der Waals surface area contributed by atoms with Crippen molar-refractivity contribution in [2.75, 3.05) is 6.26 Å². The first-order valence-corrected chi connectivity index (χ1v) is 26.9. The molecule has 2 fully saturated rings. The molecule has 3 aromatic carbocycles. The van der Waals surface area contributed by atoms with Gasteiger partial charge in [0.15, 0.2) is 18.9 Å². The smallest absolute Gasteiger partial charge is 0.270 e. The molecular formula is C50H75N3O23S. The summed E-state index contributed by atoms with van der Waals surface area (Å²) in [6, 6.07) is 10.6. The number of benzene rings is 3. The minimum atomic E-state index is -3.67. The van der Waals surface area contributed by atoms with E-state index in [1.807, 2.05) is 20.8 Å². The molecule has 10 unspecified atom stereocenters. The summed E-state index contributed by atoms with van der Waals surface area (Å²) >= 11 is 0. The normalized spacial score (nSPS) is 21.6. The van der Waals surface area contributed by atoms with E-state index >= 15 is 0 Å². The van der Waals surface area contributed by atoms with Crippen molar-refractivity contribution in [2.24, 2.45) is 0 Å². The standard InChI is InChI=1S/C28H36N2O11.C14H30O5.C7H5NO4.CH4O3S/c1-3-20-15-21(40-28(39-20)24-13-18(30(36)37)8-10-26(24)33)6-4-5-19(31)14-22-11-16(2)38-27(41-22)23-12-17(29(34)35)7-9-25(23)32;1-3-11(16)8-12(17)5-4-6-13(18)9-14(19)7-10(2)15;9-4-5-3-6(8(11)12)1-2-7(5)10;1-5(2,3)4/h7-10,12-13,16,19-22,27-28,31-33H,3-6,11,14-15H2,1-2H3;10-19H,3-9H2,1-2H3;1-4,10H;1H3,(H,2,3,4)/t16-,19?,20?,21?,22?,27?,28?;10-,11?,12?,13?,14?;;/m00../s1. The van der Waals surface area contributed by atoms with E-state index in [1.165, 1.54) is 36.4 Å². The van der Waals surface area contributed by atoms with Crippen molar-refractivity contribution >= 4 is 33.5 Å². The van der Waals surface area contributed by atoms with Gasteiger partial charge in [-0.25, -0.2) is 0 Å². The zero-order valence-corrected chi connectivity index (χ0v) is 44.4. The Morgan fingerprint density at radius 2 is 1.06 bits per heavy atom. The number of hydrogen-bond acceptors (Lipinski definition) is 22. The van der Waals surface area contributed by atoms with Crippen LogP contribution in [0.4, 0.5) is 17.1 Å². The van der Waals surface area contributed by atoms with Gasteiger partial charge in [-0.3, -0.25) is 39.7 Å². The number of aromatic hydroxyl groups is 3. The Balaban J connectivity index is 0.000000461. The number of phenols is 3. The Kier molecular flexibility index (Phi) is 29.5. The van der Waals surface area contributed by atoms with Crippen LogP contribution in [0.15, 0.2) is 54.6 Å². The van der Waals surface area contributed by atoms with Gasteiger partial charge in [-0.2, -0.15) is 8.42 Å². The third-order valence-electron chi connectivity index (χ3n) is 12.0. The molecule has 2 saturated heterocycles. The highest BCUT2D eigenvalue weighted by atomic mass is 32.2. The van der Waals surface area contributed by atoms with Gasteiger partial charge in [0, 0.05) is 42.8 Å². The van der Waals surface area contributed by atoms with Crippen molar-refractivity contribution in [2.45, 2.75) is 191 Å². The number of nitrogens with zero attached hydrogens (tertiary/aromatic N) is 3. The van der Waals surface area contributed by atoms with Crippen LogP contribution in [0, 0.1) is 30.3 Å². The molecule has 0 saturated carbocycles. The molecule has 12 atom stereocenters. The van der Waals surface area contributed by atoms with E-state index < -0.39 is 74.1 Å². The van der Waals surface area contributed by atoms with Crippen molar-refractivity contribution in [3.63, 3.8) is 0 Å². The van der Waals surface area contributed by atoms with Gasteiger partial charge in [0.25, 0.3) is 27.2 Å². The van der Waals surface area contributed by atoms with Gasteiger partial charge in [0.05, 0.1) is 98.8 Å². The Labute approximate surface area is 446 Å². The van der Waals surface area contributed by atoms with Crippen molar-refractivity contribution in [3.05, 3.63) is 102 Å². The lowest BCUT2D eigenvalue weighted by Crippen LogP contribution is -2.35. The Morgan fingerprint density at radius 3 is 1.53 bits per heavy atom. The predicted octanol–water partition coefficient (Wildman–Crippen LogP) is 6.49. The van der Waals surface area contributed by atoms with E-state index in [2.05, 4.69) is 0 Å². The zero-order chi connectivity index (χ0) is 58.2. The van der Waals surface area contributed by atoms with E-state index in [9.17, 15) is 79.3 Å². The molecule has 0 spiro atoms. The number of nitro groups is 3. The fourth-order valence-corrected chi connectivity index (χ4v) is 8.13. The Morgan fingerprint density at radius 1 is 0.623 bits per heavy atom. The minimum Gasteiger partial charge on any atom is -0.507 e. The molecule has 2 aliphatic rings. The van der Waals surface area contributed by atoms with Gasteiger partial charge < -0.3 is 64.9 Å². The van der Waals surface area contributed by atoms with Crippen LogP contribution in [0.3, 0.4) is 0 Å². The highest BCUT2D eigenvalue weighted by Crippen LogP contribution is 2.40. The molecule has 0 aromatic heterocycles. The van der Waals surface area contributed by atoms with Gasteiger partial charge in [0.1, 0.15) is 17.2 Å². The van der Waals surface area contributed by atoms with Crippen LogP contribution in [0.1, 0.15) is 152 Å². The number of carbonyl (C=O) groups excluding carboxylic acids is 1. The number of ether oxygens (including phenoxy) is 4. The molecular weight excluding hydrogens is 1040 g/mol. The molecule has 27 heteroatoms. The summed E-state index contributed by atoms with van der Waals surface area (Å²) < 4.78 is 49.6. The van der Waals surface area contributed by atoms with E-state index in [0.717, 1.165) is 18.2 Å². The van der Waals surface area contributed by atoms with Crippen LogP contribution < -0.4 is 0 Å². The first kappa shape index (κ1) is 67.5. The summed E-state index contributed by atoms with van der Waals surface area (Å²) in [5.41, 5.74) is -0.285. The number of non-ortho nitro benzene ring substituents is 3. The molecule has 434 valence electrons. The Hall–Kier alpha value is -5.56. The maximum Gasteiger partial charge on any atom is 0.270 e. The second kappa shape index (κ2) is 33.7. The maximum absolute atomic E-state index is 11.2. The number of nitro benzene ring substituents is 3. The average molecular weight is 1120 g/mol. The topological polar surface area (TPSA) is 420 Å². The molecule has 10 N–H and O–H groups in total. The lowest BCUT2D eigenvalue weighted by atomic mass is 9.97. The predicted molar refractivity (Wildman–Crippen MR) is 275 cm³/mol. The summed E-state index contributed by atoms with van der Waals surface area (Å²) in [6.07, 6.45) is 1.62. The first-order valence-electron chi connectivity index (χ1n) is 25.0. The van der Waals surface area contributed by atoms with Gasteiger partial charge in [0.2, 0.25) is 0 Å². The van der Waals surface area contributed by atoms with Crippen LogP contribution in [0.25, 0.3) is 0 Å². The number of aliphatic hydroxyl groups excluding tert-OH is 6. The quantitative estimate of drug-likeness (QED) is 0.0198. The number of hydrogen-bond donors (Lipinski definition) is 10. The van der Waals surface area contributed by atoms with Crippen LogP contribution >= 0.6 is 0 Å². The Bertz CT molecular complexity index is 2410.